The Morgan fingerprint density at radius 3 is 2.78 bits per heavy atom. The molecule has 0 aliphatic rings. The van der Waals surface area contributed by atoms with Gasteiger partial charge in [0.2, 0.25) is 0 Å². The molecule has 0 fully saturated rings. The van der Waals surface area contributed by atoms with Gasteiger partial charge in [-0.05, 0) is 12.5 Å². The lowest BCUT2D eigenvalue weighted by atomic mass is 10.2. The van der Waals surface area contributed by atoms with Crippen molar-refractivity contribution in [3.05, 3.63) is 28.8 Å². The molecule has 0 N–H and O–H groups in total. The number of unbranched alkanes of at least 4 members (excludes halogenated alkanes) is 2. The lowest BCUT2D eigenvalue weighted by Crippen LogP contribution is -2.02. The standard InChI is InChI=1S/C13H15Cl2FN2/c1-2-3-4-5-18-12-6-9(15)10(16)7-11(12)17-13(18)8-14/h6-7H,2-5,8H2,1H3. The summed E-state index contributed by atoms with van der Waals surface area (Å²) in [5.74, 6) is 0.646. The number of aryl methyl sites for hydroxylation is 1. The third-order valence-corrected chi connectivity index (χ3v) is 3.50. The minimum atomic E-state index is -0.441. The van der Waals surface area contributed by atoms with Crippen LogP contribution in [-0.2, 0) is 12.4 Å². The number of fused-ring (bicyclic) bond motifs is 1. The molecule has 1 aromatic carbocycles. The summed E-state index contributed by atoms with van der Waals surface area (Å²) in [4.78, 5) is 4.34. The largest absolute Gasteiger partial charge is 0.327 e. The molecule has 98 valence electrons. The van der Waals surface area contributed by atoms with Crippen molar-refractivity contribution in [3.8, 4) is 0 Å². The van der Waals surface area contributed by atoms with Crippen LogP contribution in [0.15, 0.2) is 12.1 Å². The van der Waals surface area contributed by atoms with Crippen molar-refractivity contribution in [2.75, 3.05) is 0 Å². The van der Waals surface area contributed by atoms with Crippen molar-refractivity contribution in [1.82, 2.24) is 9.55 Å². The summed E-state index contributed by atoms with van der Waals surface area (Å²) < 4.78 is 15.4. The lowest BCUT2D eigenvalue weighted by molar-refractivity contribution is 0.599. The Hall–Kier alpha value is -0.800. The monoisotopic (exact) mass is 288 g/mol. The van der Waals surface area contributed by atoms with Gasteiger partial charge in [-0.3, -0.25) is 0 Å². The van der Waals surface area contributed by atoms with Crippen molar-refractivity contribution < 1.29 is 4.39 Å². The normalized spacial score (nSPS) is 11.3. The fourth-order valence-corrected chi connectivity index (χ4v) is 2.40. The van der Waals surface area contributed by atoms with Crippen LogP contribution in [0.25, 0.3) is 11.0 Å². The molecule has 2 rings (SSSR count). The van der Waals surface area contributed by atoms with E-state index in [1.165, 1.54) is 6.07 Å². The van der Waals surface area contributed by atoms with Gasteiger partial charge in [-0.2, -0.15) is 0 Å². The molecule has 1 heterocycles. The molecule has 0 aliphatic carbocycles. The van der Waals surface area contributed by atoms with E-state index in [0.717, 1.165) is 37.1 Å². The minimum Gasteiger partial charge on any atom is -0.327 e. The summed E-state index contributed by atoms with van der Waals surface area (Å²) in [5.41, 5.74) is 1.47. The minimum absolute atomic E-state index is 0.125. The van der Waals surface area contributed by atoms with Gasteiger partial charge in [-0.15, -0.1) is 11.6 Å². The van der Waals surface area contributed by atoms with Crippen molar-refractivity contribution in [3.63, 3.8) is 0 Å². The molecule has 5 heteroatoms. The fourth-order valence-electron chi connectivity index (χ4n) is 2.04. The van der Waals surface area contributed by atoms with Crippen molar-refractivity contribution >= 4 is 34.2 Å². The molecule has 0 unspecified atom stereocenters. The maximum Gasteiger partial charge on any atom is 0.144 e. The number of aromatic nitrogens is 2. The number of alkyl halides is 1. The van der Waals surface area contributed by atoms with Crippen LogP contribution >= 0.6 is 23.2 Å². The Kier molecular flexibility index (Phi) is 4.46. The van der Waals surface area contributed by atoms with Crippen LogP contribution in [0.4, 0.5) is 4.39 Å². The SMILES string of the molecule is CCCCCn1c(CCl)nc2cc(F)c(Cl)cc21. The topological polar surface area (TPSA) is 17.8 Å². The third kappa shape index (κ3) is 2.62. The van der Waals surface area contributed by atoms with Gasteiger partial charge in [0, 0.05) is 12.6 Å². The first kappa shape index (κ1) is 13.6. The number of benzene rings is 1. The van der Waals surface area contributed by atoms with Crippen LogP contribution in [-0.4, -0.2) is 9.55 Å². The number of imidazole rings is 1. The maximum absolute atomic E-state index is 13.4. The van der Waals surface area contributed by atoms with Crippen LogP contribution < -0.4 is 0 Å². The summed E-state index contributed by atoms with van der Waals surface area (Å²) >= 11 is 11.7. The first-order chi connectivity index (χ1) is 8.67. The van der Waals surface area contributed by atoms with Crippen LogP contribution in [0.1, 0.15) is 32.0 Å². The molecule has 2 aromatic rings. The van der Waals surface area contributed by atoms with Gasteiger partial charge in [0.1, 0.15) is 11.6 Å². The fraction of sp³-hybridized carbons (Fsp3) is 0.462. The van der Waals surface area contributed by atoms with Crippen LogP contribution in [0.2, 0.25) is 5.02 Å². The Labute approximate surface area is 116 Å². The summed E-state index contributed by atoms with van der Waals surface area (Å²) in [6.45, 7) is 3.00. The second-order valence-corrected chi connectivity index (χ2v) is 4.95. The van der Waals surface area contributed by atoms with Crippen LogP contribution in [0.5, 0.6) is 0 Å². The molecule has 2 nitrogen and oxygen atoms in total. The van der Waals surface area contributed by atoms with Crippen molar-refractivity contribution in [2.45, 2.75) is 38.6 Å². The summed E-state index contributed by atoms with van der Waals surface area (Å²) in [7, 11) is 0. The van der Waals surface area contributed by atoms with Gasteiger partial charge < -0.3 is 4.57 Å². The Morgan fingerprint density at radius 2 is 2.11 bits per heavy atom. The summed E-state index contributed by atoms with van der Waals surface area (Å²) in [6.07, 6.45) is 3.36. The summed E-state index contributed by atoms with van der Waals surface area (Å²) in [6, 6.07) is 2.99. The molecule has 0 amide bonds. The molecule has 0 aliphatic heterocycles. The number of rotatable bonds is 5. The highest BCUT2D eigenvalue weighted by molar-refractivity contribution is 6.31. The Morgan fingerprint density at radius 1 is 1.33 bits per heavy atom. The van der Waals surface area contributed by atoms with Crippen LogP contribution in [0.3, 0.4) is 0 Å². The van der Waals surface area contributed by atoms with Gasteiger partial charge in [-0.25, -0.2) is 9.37 Å². The maximum atomic E-state index is 13.4. The van der Waals surface area contributed by atoms with E-state index in [9.17, 15) is 4.39 Å². The third-order valence-electron chi connectivity index (χ3n) is 2.97. The van der Waals surface area contributed by atoms with Gasteiger partial charge in [0.25, 0.3) is 0 Å². The number of nitrogens with zero attached hydrogens (tertiary/aromatic N) is 2. The predicted octanol–water partition coefficient (Wildman–Crippen LogP) is 4.76. The molecule has 0 radical (unpaired) electrons. The first-order valence-electron chi connectivity index (χ1n) is 6.07. The highest BCUT2D eigenvalue weighted by Crippen LogP contribution is 2.25. The highest BCUT2D eigenvalue weighted by Gasteiger charge is 2.12. The molecule has 0 atom stereocenters. The number of hydrogen-bond donors (Lipinski definition) is 0. The average Bonchev–Trinajstić information content (AvgIpc) is 2.68. The zero-order valence-corrected chi connectivity index (χ0v) is 11.7. The first-order valence-corrected chi connectivity index (χ1v) is 6.98. The molecule has 0 bridgehead atoms. The molecule has 0 saturated carbocycles. The van der Waals surface area contributed by atoms with Crippen molar-refractivity contribution in [1.29, 1.82) is 0 Å². The quantitative estimate of drug-likeness (QED) is 0.573. The second-order valence-electron chi connectivity index (χ2n) is 4.28. The molecule has 0 saturated heterocycles. The van der Waals surface area contributed by atoms with E-state index in [4.69, 9.17) is 23.2 Å². The smallest absolute Gasteiger partial charge is 0.144 e. The van der Waals surface area contributed by atoms with Gasteiger partial charge in [0.15, 0.2) is 0 Å². The van der Waals surface area contributed by atoms with E-state index in [-0.39, 0.29) is 5.02 Å². The van der Waals surface area contributed by atoms with Crippen LogP contribution in [0, 0.1) is 5.82 Å². The molecule has 18 heavy (non-hydrogen) atoms. The van der Waals surface area contributed by atoms with E-state index in [1.54, 1.807) is 6.07 Å². The summed E-state index contributed by atoms with van der Waals surface area (Å²) in [5, 5.41) is 0.125. The zero-order chi connectivity index (χ0) is 13.1. The van der Waals surface area contributed by atoms with E-state index >= 15 is 0 Å². The Bertz CT molecular complexity index is 551. The average molecular weight is 289 g/mol. The second kappa shape index (κ2) is 5.89. The molecular weight excluding hydrogens is 274 g/mol. The van der Waals surface area contributed by atoms with E-state index < -0.39 is 5.82 Å². The zero-order valence-electron chi connectivity index (χ0n) is 10.2. The number of halogens is 3. The predicted molar refractivity (Wildman–Crippen MR) is 73.8 cm³/mol. The van der Waals surface area contributed by atoms with Crippen molar-refractivity contribution in [2.24, 2.45) is 0 Å². The van der Waals surface area contributed by atoms with E-state index in [2.05, 4.69) is 11.9 Å². The van der Waals surface area contributed by atoms with Gasteiger partial charge in [-0.1, -0.05) is 31.4 Å². The van der Waals surface area contributed by atoms with Gasteiger partial charge in [0.05, 0.1) is 21.9 Å². The molecule has 0 spiro atoms. The Balaban J connectivity index is 2.44. The van der Waals surface area contributed by atoms with Gasteiger partial charge >= 0.3 is 0 Å². The molecular formula is C13H15Cl2FN2. The molecule has 1 aromatic heterocycles. The number of hydrogen-bond acceptors (Lipinski definition) is 1. The van der Waals surface area contributed by atoms with E-state index in [0.29, 0.717) is 11.4 Å². The van der Waals surface area contributed by atoms with E-state index in [1.807, 2.05) is 4.57 Å². The lowest BCUT2D eigenvalue weighted by Gasteiger charge is -2.07. The highest BCUT2D eigenvalue weighted by atomic mass is 35.5.